The van der Waals surface area contributed by atoms with Gasteiger partial charge in [-0.15, -0.1) is 0 Å². The van der Waals surface area contributed by atoms with Gasteiger partial charge in [0, 0.05) is 18.5 Å². The third-order valence-corrected chi connectivity index (χ3v) is 6.03. The second kappa shape index (κ2) is 8.35. The Morgan fingerprint density at radius 1 is 0.938 bits per heavy atom. The summed E-state index contributed by atoms with van der Waals surface area (Å²) in [4.78, 5) is 15.4. The lowest BCUT2D eigenvalue weighted by molar-refractivity contribution is -0.117. The first-order valence-corrected chi connectivity index (χ1v) is 10.8. The normalized spacial score (nSPS) is 15.4. The number of hydrogen-bond donors (Lipinski definition) is 1. The average Bonchev–Trinajstić information content (AvgIpc) is 3.15. The molecule has 5 nitrogen and oxygen atoms in total. The third kappa shape index (κ3) is 3.78. The predicted octanol–water partition coefficient (Wildman–Crippen LogP) is 5.53. The van der Waals surface area contributed by atoms with Crippen molar-refractivity contribution in [3.05, 3.63) is 101 Å². The molecule has 1 aliphatic rings. The molecule has 3 aromatic carbocycles. The van der Waals surface area contributed by atoms with Crippen molar-refractivity contribution in [3.8, 4) is 11.1 Å². The highest BCUT2D eigenvalue weighted by molar-refractivity contribution is 6.04. The van der Waals surface area contributed by atoms with Crippen LogP contribution in [0, 0.1) is 13.8 Å². The minimum atomic E-state index is -0.315. The Bertz CT molecular complexity index is 1230. The lowest BCUT2D eigenvalue weighted by atomic mass is 9.96. The molecule has 0 fully saturated rings. The molecule has 5 rings (SSSR count). The number of aryl methyl sites for hydroxylation is 2. The van der Waals surface area contributed by atoms with Gasteiger partial charge in [-0.05, 0) is 42.7 Å². The summed E-state index contributed by atoms with van der Waals surface area (Å²) in [5.41, 5.74) is 7.03. The molecule has 160 valence electrons. The van der Waals surface area contributed by atoms with Crippen LogP contribution in [0.1, 0.15) is 22.6 Å². The largest absolute Gasteiger partial charge is 0.361 e. The first-order chi connectivity index (χ1) is 15.6. The second-order valence-electron chi connectivity index (χ2n) is 8.24. The van der Waals surface area contributed by atoms with Gasteiger partial charge in [-0.25, -0.2) is 0 Å². The molecular weight excluding hydrogens is 398 g/mol. The Morgan fingerprint density at radius 3 is 2.28 bits per heavy atom. The van der Waals surface area contributed by atoms with Crippen molar-refractivity contribution in [2.24, 2.45) is 0 Å². The van der Waals surface area contributed by atoms with Crippen molar-refractivity contribution in [2.45, 2.75) is 32.9 Å². The summed E-state index contributed by atoms with van der Waals surface area (Å²) >= 11 is 0. The summed E-state index contributed by atoms with van der Waals surface area (Å²) in [6.45, 7) is 4.52. The molecule has 1 N–H and O–H groups in total. The lowest BCUT2D eigenvalue weighted by Crippen LogP contribution is -2.49. The fourth-order valence-electron chi connectivity index (χ4n) is 4.47. The van der Waals surface area contributed by atoms with Crippen LogP contribution in [0.15, 0.2) is 83.4 Å². The van der Waals surface area contributed by atoms with Crippen LogP contribution in [-0.4, -0.2) is 17.1 Å². The highest BCUT2D eigenvalue weighted by Gasteiger charge is 2.33. The summed E-state index contributed by atoms with van der Waals surface area (Å²) in [6.07, 6.45) is 0.633. The van der Waals surface area contributed by atoms with Gasteiger partial charge < -0.3 is 14.7 Å². The zero-order chi connectivity index (χ0) is 22.1. The number of benzene rings is 3. The van der Waals surface area contributed by atoms with E-state index in [9.17, 15) is 4.79 Å². The van der Waals surface area contributed by atoms with Crippen molar-refractivity contribution < 1.29 is 9.32 Å². The number of hydrogen-bond acceptors (Lipinski definition) is 4. The maximum absolute atomic E-state index is 13.2. The zero-order valence-electron chi connectivity index (χ0n) is 18.2. The number of fused-ring (bicyclic) bond motifs is 1. The molecule has 1 amide bonds. The van der Waals surface area contributed by atoms with Gasteiger partial charge in [0.05, 0.1) is 17.1 Å². The van der Waals surface area contributed by atoms with Gasteiger partial charge in [0.25, 0.3) is 0 Å². The van der Waals surface area contributed by atoms with Gasteiger partial charge in [-0.2, -0.15) is 0 Å². The number of nitrogens with one attached hydrogen (secondary N) is 1. The summed E-state index contributed by atoms with van der Waals surface area (Å²) in [5, 5.41) is 7.24. The van der Waals surface area contributed by atoms with E-state index < -0.39 is 0 Å². The average molecular weight is 424 g/mol. The molecule has 1 atom stereocenters. The third-order valence-electron chi connectivity index (χ3n) is 6.03. The molecule has 0 aliphatic carbocycles. The fourth-order valence-corrected chi connectivity index (χ4v) is 4.47. The minimum Gasteiger partial charge on any atom is -0.361 e. The van der Waals surface area contributed by atoms with Crippen LogP contribution in [0.2, 0.25) is 0 Å². The first-order valence-electron chi connectivity index (χ1n) is 10.8. The summed E-state index contributed by atoms with van der Waals surface area (Å²) in [6, 6.07) is 26.3. The van der Waals surface area contributed by atoms with E-state index in [1.54, 1.807) is 0 Å². The topological polar surface area (TPSA) is 58.4 Å². The number of carbonyl (C=O) groups excluding carboxylic acids is 1. The van der Waals surface area contributed by atoms with E-state index in [2.05, 4.69) is 45.7 Å². The fraction of sp³-hybridized carbons (Fsp3) is 0.185. The molecule has 0 unspecified atom stereocenters. The Labute approximate surface area is 187 Å². The SMILES string of the molecule is Cc1noc(C)c1-c1ccc2c(c1)N(Cc1ccccc1)[C@H](Cc1ccccc1)C(=O)N2. The quantitative estimate of drug-likeness (QED) is 0.459. The Morgan fingerprint density at radius 2 is 1.62 bits per heavy atom. The number of amides is 1. The summed E-state index contributed by atoms with van der Waals surface area (Å²) in [7, 11) is 0. The van der Waals surface area contributed by atoms with Gasteiger partial charge in [0.2, 0.25) is 5.91 Å². The molecule has 1 aromatic heterocycles. The Hall–Kier alpha value is -3.86. The molecule has 0 saturated carbocycles. The van der Waals surface area contributed by atoms with Crippen molar-refractivity contribution >= 4 is 17.3 Å². The minimum absolute atomic E-state index is 0.0161. The lowest BCUT2D eigenvalue weighted by Gasteiger charge is -2.38. The monoisotopic (exact) mass is 423 g/mol. The second-order valence-corrected chi connectivity index (χ2v) is 8.24. The van der Waals surface area contributed by atoms with Crippen molar-refractivity contribution in [3.63, 3.8) is 0 Å². The van der Waals surface area contributed by atoms with Crippen LogP contribution in [0.3, 0.4) is 0 Å². The highest BCUT2D eigenvalue weighted by Crippen LogP contribution is 2.39. The Balaban J connectivity index is 1.60. The van der Waals surface area contributed by atoms with Crippen molar-refractivity contribution in [2.75, 3.05) is 10.2 Å². The summed E-state index contributed by atoms with van der Waals surface area (Å²) in [5.74, 6) is 0.806. The van der Waals surface area contributed by atoms with Crippen LogP contribution < -0.4 is 10.2 Å². The molecule has 0 saturated heterocycles. The van der Waals surface area contributed by atoms with Crippen LogP contribution in [0.25, 0.3) is 11.1 Å². The summed E-state index contributed by atoms with van der Waals surface area (Å²) < 4.78 is 5.40. The number of aromatic nitrogens is 1. The van der Waals surface area contributed by atoms with E-state index in [1.807, 2.05) is 62.4 Å². The van der Waals surface area contributed by atoms with Gasteiger partial charge >= 0.3 is 0 Å². The maximum atomic E-state index is 13.2. The van der Waals surface area contributed by atoms with Gasteiger partial charge in [-0.1, -0.05) is 71.9 Å². The molecule has 4 aromatic rings. The molecular formula is C27H25N3O2. The van der Waals surface area contributed by atoms with E-state index >= 15 is 0 Å². The molecule has 0 radical (unpaired) electrons. The molecule has 32 heavy (non-hydrogen) atoms. The predicted molar refractivity (Wildman–Crippen MR) is 127 cm³/mol. The number of rotatable bonds is 5. The molecule has 1 aliphatic heterocycles. The van der Waals surface area contributed by atoms with Gasteiger partial charge in [0.1, 0.15) is 11.8 Å². The van der Waals surface area contributed by atoms with Gasteiger partial charge in [-0.3, -0.25) is 4.79 Å². The van der Waals surface area contributed by atoms with Crippen molar-refractivity contribution in [1.29, 1.82) is 0 Å². The van der Waals surface area contributed by atoms with Crippen LogP contribution >= 0.6 is 0 Å². The molecule has 0 bridgehead atoms. The molecule has 0 spiro atoms. The maximum Gasteiger partial charge on any atom is 0.247 e. The van der Waals surface area contributed by atoms with Crippen molar-refractivity contribution in [1.82, 2.24) is 5.16 Å². The molecule has 5 heteroatoms. The van der Waals surface area contributed by atoms with Crippen LogP contribution in [-0.2, 0) is 17.8 Å². The smallest absolute Gasteiger partial charge is 0.247 e. The van der Waals surface area contributed by atoms with E-state index in [-0.39, 0.29) is 11.9 Å². The van der Waals surface area contributed by atoms with E-state index in [0.29, 0.717) is 13.0 Å². The number of anilines is 2. The molecule has 2 heterocycles. The van der Waals surface area contributed by atoms with Crippen LogP contribution in [0.5, 0.6) is 0 Å². The standard InChI is InChI=1S/C27H25N3O2/c1-18-26(19(2)32-29-18)22-13-14-23-24(16-22)30(17-21-11-7-4-8-12-21)25(27(31)28-23)15-20-9-5-3-6-10-20/h3-14,16,25H,15,17H2,1-2H3,(H,28,31)/t25-/m1/s1. The van der Waals surface area contributed by atoms with E-state index in [1.165, 1.54) is 0 Å². The Kier molecular flexibility index (Phi) is 5.23. The zero-order valence-corrected chi connectivity index (χ0v) is 18.2. The number of nitrogens with zero attached hydrogens (tertiary/aromatic N) is 2. The number of carbonyl (C=O) groups is 1. The van der Waals surface area contributed by atoms with Gasteiger partial charge in [0.15, 0.2) is 0 Å². The van der Waals surface area contributed by atoms with E-state index in [4.69, 9.17) is 4.52 Å². The highest BCUT2D eigenvalue weighted by atomic mass is 16.5. The first kappa shape index (κ1) is 20.1. The van der Waals surface area contributed by atoms with Crippen LogP contribution in [0.4, 0.5) is 11.4 Å². The van der Waals surface area contributed by atoms with E-state index in [0.717, 1.165) is 45.1 Å².